The molecule has 0 aliphatic heterocycles. The van der Waals surface area contributed by atoms with E-state index in [2.05, 4.69) is 36.5 Å². The number of ether oxygens (including phenoxy) is 2. The van der Waals surface area contributed by atoms with Crippen LogP contribution in [0.5, 0.6) is 5.75 Å². The second-order valence-electron chi connectivity index (χ2n) is 5.89. The first kappa shape index (κ1) is 16.3. The van der Waals surface area contributed by atoms with E-state index in [1.807, 2.05) is 0 Å². The Morgan fingerprint density at radius 1 is 1.19 bits per heavy atom. The van der Waals surface area contributed by atoms with E-state index >= 15 is 0 Å². The molecule has 118 valence electrons. The predicted molar refractivity (Wildman–Crippen MR) is 86.7 cm³/mol. The summed E-state index contributed by atoms with van der Waals surface area (Å²) >= 11 is 0. The van der Waals surface area contributed by atoms with Crippen LogP contribution in [0.25, 0.3) is 0 Å². The zero-order valence-electron chi connectivity index (χ0n) is 13.4. The first-order chi connectivity index (χ1) is 10.3. The topological polar surface area (TPSA) is 30.5 Å². The molecule has 0 spiro atoms. The fraction of sp³-hybridized carbons (Fsp3) is 0.667. The van der Waals surface area contributed by atoms with Gasteiger partial charge in [-0.3, -0.25) is 0 Å². The molecule has 0 bridgehead atoms. The van der Waals surface area contributed by atoms with E-state index in [0.717, 1.165) is 25.4 Å². The fourth-order valence-corrected chi connectivity index (χ4v) is 3.12. The minimum absolute atomic E-state index is 0.392. The monoisotopic (exact) mass is 291 g/mol. The predicted octanol–water partition coefficient (Wildman–Crippen LogP) is 3.77. The second-order valence-corrected chi connectivity index (χ2v) is 5.89. The molecule has 3 heteroatoms. The zero-order chi connectivity index (χ0) is 14.9. The third-order valence-corrected chi connectivity index (χ3v) is 4.41. The lowest BCUT2D eigenvalue weighted by molar-refractivity contribution is 0.0892. The molecule has 0 amide bonds. The summed E-state index contributed by atoms with van der Waals surface area (Å²) in [5.41, 5.74) is 1.24. The summed E-state index contributed by atoms with van der Waals surface area (Å²) in [5, 5.41) is 3.40. The molecule has 2 unspecified atom stereocenters. The van der Waals surface area contributed by atoms with Crippen LogP contribution in [0.2, 0.25) is 0 Å². The Morgan fingerprint density at radius 3 is 2.81 bits per heavy atom. The van der Waals surface area contributed by atoms with Crippen LogP contribution in [-0.2, 0) is 11.3 Å². The molecule has 1 aliphatic rings. The summed E-state index contributed by atoms with van der Waals surface area (Å²) in [7, 11) is 1.73. The van der Waals surface area contributed by atoms with Crippen LogP contribution in [0.4, 0.5) is 0 Å². The molecule has 1 N–H and O–H groups in total. The largest absolute Gasteiger partial charge is 0.490 e. The lowest BCUT2D eigenvalue weighted by atomic mass is 9.84. The summed E-state index contributed by atoms with van der Waals surface area (Å²) in [6.07, 6.45) is 6.79. The summed E-state index contributed by atoms with van der Waals surface area (Å²) in [4.78, 5) is 0. The Kier molecular flexibility index (Phi) is 7.04. The number of hydrogen-bond acceptors (Lipinski definition) is 3. The van der Waals surface area contributed by atoms with Gasteiger partial charge in [0.25, 0.3) is 0 Å². The lowest BCUT2D eigenvalue weighted by Gasteiger charge is -2.32. The van der Waals surface area contributed by atoms with E-state index in [0.29, 0.717) is 12.0 Å². The van der Waals surface area contributed by atoms with Crippen molar-refractivity contribution in [1.29, 1.82) is 0 Å². The van der Waals surface area contributed by atoms with E-state index in [9.17, 15) is 0 Å². The van der Waals surface area contributed by atoms with Crippen molar-refractivity contribution < 1.29 is 9.47 Å². The molecule has 1 saturated carbocycles. The number of benzene rings is 1. The molecule has 1 aliphatic carbocycles. The van der Waals surface area contributed by atoms with Crippen molar-refractivity contribution in [3.05, 3.63) is 29.8 Å². The van der Waals surface area contributed by atoms with Crippen LogP contribution in [0.3, 0.4) is 0 Å². The van der Waals surface area contributed by atoms with Gasteiger partial charge in [-0.2, -0.15) is 0 Å². The quantitative estimate of drug-likeness (QED) is 0.740. The Bertz CT molecular complexity index is 408. The van der Waals surface area contributed by atoms with Crippen molar-refractivity contribution in [2.24, 2.45) is 5.92 Å². The summed E-state index contributed by atoms with van der Waals surface area (Å²) in [6.45, 7) is 4.73. The molecule has 0 aromatic heterocycles. The minimum atomic E-state index is 0.392. The molecular formula is C18H29NO2. The van der Waals surface area contributed by atoms with Crippen LogP contribution < -0.4 is 10.1 Å². The molecule has 0 radical (unpaired) electrons. The first-order valence-electron chi connectivity index (χ1n) is 8.29. The van der Waals surface area contributed by atoms with Crippen molar-refractivity contribution >= 4 is 0 Å². The van der Waals surface area contributed by atoms with Crippen LogP contribution in [0, 0.1) is 5.92 Å². The van der Waals surface area contributed by atoms with Crippen molar-refractivity contribution in [1.82, 2.24) is 5.32 Å². The standard InChI is InChI=1S/C18H29NO2/c1-3-15-8-4-6-10-17(15)21-18-11-7-5-9-16(18)14-19-12-13-20-2/h5,7,9,11,15,17,19H,3-4,6,8,10,12-14H2,1-2H3. The van der Waals surface area contributed by atoms with Crippen molar-refractivity contribution in [2.75, 3.05) is 20.3 Å². The van der Waals surface area contributed by atoms with Crippen LogP contribution in [0.15, 0.2) is 24.3 Å². The molecule has 21 heavy (non-hydrogen) atoms. The number of rotatable bonds is 8. The van der Waals surface area contributed by atoms with Gasteiger partial charge >= 0.3 is 0 Å². The van der Waals surface area contributed by atoms with Crippen molar-refractivity contribution in [2.45, 2.75) is 51.7 Å². The zero-order valence-corrected chi connectivity index (χ0v) is 13.4. The van der Waals surface area contributed by atoms with Gasteiger partial charge in [0.1, 0.15) is 11.9 Å². The third kappa shape index (κ3) is 5.01. The maximum atomic E-state index is 6.38. The molecule has 1 fully saturated rings. The average molecular weight is 291 g/mol. The SMILES string of the molecule is CCC1CCCCC1Oc1ccccc1CNCCOC. The first-order valence-corrected chi connectivity index (χ1v) is 8.29. The highest BCUT2D eigenvalue weighted by Crippen LogP contribution is 2.31. The maximum absolute atomic E-state index is 6.38. The highest BCUT2D eigenvalue weighted by molar-refractivity contribution is 5.33. The van der Waals surface area contributed by atoms with E-state index in [1.54, 1.807) is 7.11 Å². The highest BCUT2D eigenvalue weighted by atomic mass is 16.5. The fourth-order valence-electron chi connectivity index (χ4n) is 3.12. The van der Waals surface area contributed by atoms with Crippen molar-refractivity contribution in [3.8, 4) is 5.75 Å². The van der Waals surface area contributed by atoms with Gasteiger partial charge < -0.3 is 14.8 Å². The van der Waals surface area contributed by atoms with Gasteiger partial charge in [0.2, 0.25) is 0 Å². The van der Waals surface area contributed by atoms with Gasteiger partial charge in [0, 0.05) is 25.8 Å². The van der Waals surface area contributed by atoms with Gasteiger partial charge in [-0.1, -0.05) is 31.5 Å². The van der Waals surface area contributed by atoms with E-state index < -0.39 is 0 Å². The van der Waals surface area contributed by atoms with E-state index in [1.165, 1.54) is 37.7 Å². The van der Waals surface area contributed by atoms with E-state index in [4.69, 9.17) is 9.47 Å². The van der Waals surface area contributed by atoms with Gasteiger partial charge in [-0.15, -0.1) is 0 Å². The number of hydrogen-bond donors (Lipinski definition) is 1. The minimum Gasteiger partial charge on any atom is -0.490 e. The van der Waals surface area contributed by atoms with Crippen LogP contribution in [0.1, 0.15) is 44.6 Å². The molecule has 2 rings (SSSR count). The number of para-hydroxylation sites is 1. The highest BCUT2D eigenvalue weighted by Gasteiger charge is 2.25. The Labute approximate surface area is 129 Å². The average Bonchev–Trinajstić information content (AvgIpc) is 2.53. The van der Waals surface area contributed by atoms with Gasteiger partial charge in [-0.05, 0) is 37.7 Å². The Hall–Kier alpha value is -1.06. The van der Waals surface area contributed by atoms with Crippen LogP contribution in [-0.4, -0.2) is 26.4 Å². The van der Waals surface area contributed by atoms with Gasteiger partial charge in [-0.25, -0.2) is 0 Å². The van der Waals surface area contributed by atoms with E-state index in [-0.39, 0.29) is 0 Å². The molecule has 0 heterocycles. The Morgan fingerprint density at radius 2 is 2.00 bits per heavy atom. The Balaban J connectivity index is 1.95. The summed E-state index contributed by atoms with van der Waals surface area (Å²) in [5.74, 6) is 1.76. The molecule has 1 aromatic rings. The molecule has 1 aromatic carbocycles. The number of methoxy groups -OCH3 is 1. The van der Waals surface area contributed by atoms with Gasteiger partial charge in [0.05, 0.1) is 6.61 Å². The number of nitrogens with one attached hydrogen (secondary N) is 1. The normalized spacial score (nSPS) is 22.2. The lowest BCUT2D eigenvalue weighted by Crippen LogP contribution is -2.30. The summed E-state index contributed by atoms with van der Waals surface area (Å²) < 4.78 is 11.4. The van der Waals surface area contributed by atoms with Crippen LogP contribution >= 0.6 is 0 Å². The molecule has 2 atom stereocenters. The summed E-state index contributed by atoms with van der Waals surface area (Å²) in [6, 6.07) is 8.41. The molecular weight excluding hydrogens is 262 g/mol. The second kappa shape index (κ2) is 9.06. The third-order valence-electron chi connectivity index (χ3n) is 4.41. The van der Waals surface area contributed by atoms with Crippen molar-refractivity contribution in [3.63, 3.8) is 0 Å². The van der Waals surface area contributed by atoms with Gasteiger partial charge in [0.15, 0.2) is 0 Å². The maximum Gasteiger partial charge on any atom is 0.124 e. The smallest absolute Gasteiger partial charge is 0.124 e. The molecule has 0 saturated heterocycles. The molecule has 3 nitrogen and oxygen atoms in total.